The van der Waals surface area contributed by atoms with E-state index in [9.17, 15) is 14.0 Å². The molecule has 1 aliphatic rings. The molecule has 2 amide bonds. The second-order valence-corrected chi connectivity index (χ2v) is 7.25. The third-order valence-corrected chi connectivity index (χ3v) is 5.31. The van der Waals surface area contributed by atoms with E-state index in [0.29, 0.717) is 36.6 Å². The van der Waals surface area contributed by atoms with Crippen LogP contribution in [0.4, 0.5) is 4.39 Å². The zero-order valence-corrected chi connectivity index (χ0v) is 15.2. The van der Waals surface area contributed by atoms with Crippen LogP contribution < -0.4 is 11.1 Å². The fraction of sp³-hybridized carbons (Fsp3) is 0.556. The molecule has 1 saturated heterocycles. The van der Waals surface area contributed by atoms with Crippen molar-refractivity contribution in [2.75, 3.05) is 25.4 Å². The van der Waals surface area contributed by atoms with Gasteiger partial charge in [0.2, 0.25) is 11.8 Å². The fourth-order valence-corrected chi connectivity index (χ4v) is 3.82. The summed E-state index contributed by atoms with van der Waals surface area (Å²) in [4.78, 5) is 26.6. The van der Waals surface area contributed by atoms with Crippen LogP contribution in [0.15, 0.2) is 29.2 Å². The Bertz CT molecular complexity index is 585. The van der Waals surface area contributed by atoms with Crippen molar-refractivity contribution in [1.82, 2.24) is 10.2 Å². The van der Waals surface area contributed by atoms with Gasteiger partial charge in [-0.2, -0.15) is 0 Å². The molecule has 25 heavy (non-hydrogen) atoms. The average Bonchev–Trinajstić information content (AvgIpc) is 2.62. The summed E-state index contributed by atoms with van der Waals surface area (Å²) in [7, 11) is 0. The van der Waals surface area contributed by atoms with Gasteiger partial charge in [-0.25, -0.2) is 4.39 Å². The standard InChI is InChI=1S/C18H26FN3O2S/c19-15-6-1-2-7-16(15)25-12-9-18(24)22-11-4-3-5-14(22)13-21-17(23)8-10-20/h1-2,6-7,14H,3-5,8-13,20H2,(H,21,23). The van der Waals surface area contributed by atoms with Crippen molar-refractivity contribution in [3.8, 4) is 0 Å². The second kappa shape index (κ2) is 10.4. The molecular formula is C18H26FN3O2S. The quantitative estimate of drug-likeness (QED) is 0.691. The van der Waals surface area contributed by atoms with Crippen LogP contribution in [0.25, 0.3) is 0 Å². The van der Waals surface area contributed by atoms with Crippen LogP contribution in [0.1, 0.15) is 32.1 Å². The fourth-order valence-electron chi connectivity index (χ4n) is 2.95. The maximum atomic E-state index is 13.6. The van der Waals surface area contributed by atoms with Crippen molar-refractivity contribution in [3.63, 3.8) is 0 Å². The van der Waals surface area contributed by atoms with Crippen molar-refractivity contribution in [2.24, 2.45) is 5.73 Å². The summed E-state index contributed by atoms with van der Waals surface area (Å²) in [6, 6.07) is 6.64. The first kappa shape index (κ1) is 19.7. The smallest absolute Gasteiger partial charge is 0.223 e. The lowest BCUT2D eigenvalue weighted by atomic mass is 10.0. The summed E-state index contributed by atoms with van der Waals surface area (Å²) >= 11 is 1.36. The number of amides is 2. The third-order valence-electron chi connectivity index (χ3n) is 4.26. The van der Waals surface area contributed by atoms with E-state index in [2.05, 4.69) is 5.32 Å². The number of piperidine rings is 1. The zero-order valence-electron chi connectivity index (χ0n) is 14.4. The molecule has 0 radical (unpaired) electrons. The SMILES string of the molecule is NCCC(=O)NCC1CCCCN1C(=O)CCSc1ccccc1F. The number of hydrogen-bond acceptors (Lipinski definition) is 4. The zero-order chi connectivity index (χ0) is 18.1. The van der Waals surface area contributed by atoms with Crippen molar-refractivity contribution >= 4 is 23.6 Å². The molecular weight excluding hydrogens is 341 g/mol. The second-order valence-electron chi connectivity index (χ2n) is 6.11. The number of likely N-dealkylation sites (tertiary alicyclic amines) is 1. The summed E-state index contributed by atoms with van der Waals surface area (Å²) in [5.74, 6) is 0.290. The first-order chi connectivity index (χ1) is 12.1. The Morgan fingerprint density at radius 2 is 2.08 bits per heavy atom. The lowest BCUT2D eigenvalue weighted by Gasteiger charge is -2.36. The maximum Gasteiger partial charge on any atom is 0.223 e. The number of halogens is 1. The molecule has 1 atom stereocenters. The summed E-state index contributed by atoms with van der Waals surface area (Å²) < 4.78 is 13.6. The Kier molecular flexibility index (Phi) is 8.21. The van der Waals surface area contributed by atoms with Crippen LogP contribution in [-0.2, 0) is 9.59 Å². The number of benzene rings is 1. The average molecular weight is 367 g/mol. The van der Waals surface area contributed by atoms with Gasteiger partial charge in [0, 0.05) is 49.2 Å². The predicted molar refractivity (Wildman–Crippen MR) is 97.8 cm³/mol. The Hall–Kier alpha value is -1.60. The molecule has 1 aromatic carbocycles. The molecule has 7 heteroatoms. The van der Waals surface area contributed by atoms with Gasteiger partial charge in [-0.3, -0.25) is 9.59 Å². The van der Waals surface area contributed by atoms with Crippen LogP contribution in [-0.4, -0.2) is 48.1 Å². The number of carbonyl (C=O) groups is 2. The molecule has 138 valence electrons. The Morgan fingerprint density at radius 3 is 2.84 bits per heavy atom. The minimum absolute atomic E-state index is 0.0430. The van der Waals surface area contributed by atoms with Crippen molar-refractivity contribution in [2.45, 2.75) is 43.0 Å². The molecule has 2 rings (SSSR count). The molecule has 1 heterocycles. The van der Waals surface area contributed by atoms with Crippen molar-refractivity contribution < 1.29 is 14.0 Å². The van der Waals surface area contributed by atoms with Gasteiger partial charge < -0.3 is 16.0 Å². The third kappa shape index (κ3) is 6.32. The molecule has 5 nitrogen and oxygen atoms in total. The molecule has 0 saturated carbocycles. The van der Waals surface area contributed by atoms with Crippen LogP contribution in [0.2, 0.25) is 0 Å². The summed E-state index contributed by atoms with van der Waals surface area (Å²) in [5.41, 5.74) is 5.37. The maximum absolute atomic E-state index is 13.6. The minimum atomic E-state index is -0.251. The van der Waals surface area contributed by atoms with Gasteiger partial charge in [0.05, 0.1) is 0 Å². The Labute approximate surface area is 152 Å². The first-order valence-corrected chi connectivity index (χ1v) is 9.74. The van der Waals surface area contributed by atoms with E-state index in [4.69, 9.17) is 5.73 Å². The normalized spacial score (nSPS) is 17.4. The topological polar surface area (TPSA) is 75.4 Å². The monoisotopic (exact) mass is 367 g/mol. The first-order valence-electron chi connectivity index (χ1n) is 8.75. The van der Waals surface area contributed by atoms with Gasteiger partial charge >= 0.3 is 0 Å². The van der Waals surface area contributed by atoms with E-state index in [1.165, 1.54) is 17.8 Å². The highest BCUT2D eigenvalue weighted by Gasteiger charge is 2.26. The molecule has 0 bridgehead atoms. The van der Waals surface area contributed by atoms with Crippen LogP contribution >= 0.6 is 11.8 Å². The van der Waals surface area contributed by atoms with E-state index in [0.717, 1.165) is 25.8 Å². The molecule has 0 aromatic heterocycles. The summed E-state index contributed by atoms with van der Waals surface area (Å²) in [5, 5.41) is 2.86. The minimum Gasteiger partial charge on any atom is -0.354 e. The van der Waals surface area contributed by atoms with Crippen LogP contribution in [0, 0.1) is 5.82 Å². The number of nitrogens with one attached hydrogen (secondary N) is 1. The Balaban J connectivity index is 1.81. The number of hydrogen-bond donors (Lipinski definition) is 2. The van der Waals surface area contributed by atoms with Crippen LogP contribution in [0.3, 0.4) is 0 Å². The lowest BCUT2D eigenvalue weighted by molar-refractivity contribution is -0.135. The molecule has 0 spiro atoms. The largest absolute Gasteiger partial charge is 0.354 e. The highest BCUT2D eigenvalue weighted by Crippen LogP contribution is 2.23. The lowest BCUT2D eigenvalue weighted by Crippen LogP contribution is -2.49. The number of carbonyl (C=O) groups excluding carboxylic acids is 2. The number of nitrogens with two attached hydrogens (primary N) is 1. The summed E-state index contributed by atoms with van der Waals surface area (Å²) in [6.45, 7) is 1.53. The van der Waals surface area contributed by atoms with E-state index in [-0.39, 0.29) is 23.7 Å². The van der Waals surface area contributed by atoms with E-state index in [1.807, 2.05) is 4.90 Å². The number of rotatable bonds is 8. The van der Waals surface area contributed by atoms with E-state index >= 15 is 0 Å². The van der Waals surface area contributed by atoms with Crippen LogP contribution in [0.5, 0.6) is 0 Å². The predicted octanol–water partition coefficient (Wildman–Crippen LogP) is 2.15. The van der Waals surface area contributed by atoms with Gasteiger partial charge in [-0.05, 0) is 31.4 Å². The summed E-state index contributed by atoms with van der Waals surface area (Å²) in [6.07, 6.45) is 3.62. The van der Waals surface area contributed by atoms with Crippen molar-refractivity contribution in [3.05, 3.63) is 30.1 Å². The van der Waals surface area contributed by atoms with E-state index < -0.39 is 0 Å². The van der Waals surface area contributed by atoms with E-state index in [1.54, 1.807) is 18.2 Å². The molecule has 1 aromatic rings. The molecule has 3 N–H and O–H groups in total. The molecule has 1 unspecified atom stereocenters. The van der Waals surface area contributed by atoms with Gasteiger partial charge in [0.25, 0.3) is 0 Å². The van der Waals surface area contributed by atoms with Gasteiger partial charge in [0.1, 0.15) is 5.82 Å². The van der Waals surface area contributed by atoms with Gasteiger partial charge in [0.15, 0.2) is 0 Å². The molecule has 0 aliphatic carbocycles. The Morgan fingerprint density at radius 1 is 1.28 bits per heavy atom. The number of thioether (sulfide) groups is 1. The van der Waals surface area contributed by atoms with Gasteiger partial charge in [-0.15, -0.1) is 11.8 Å². The van der Waals surface area contributed by atoms with Gasteiger partial charge in [-0.1, -0.05) is 12.1 Å². The number of nitrogens with zero attached hydrogens (tertiary/aromatic N) is 1. The molecule has 1 fully saturated rings. The highest BCUT2D eigenvalue weighted by molar-refractivity contribution is 7.99. The highest BCUT2D eigenvalue weighted by atomic mass is 32.2. The molecule has 1 aliphatic heterocycles. The van der Waals surface area contributed by atoms with Crippen molar-refractivity contribution in [1.29, 1.82) is 0 Å².